The Kier molecular flexibility index (Phi) is 4.78. The number of aromatic nitrogens is 2. The third kappa shape index (κ3) is 3.47. The number of benzene rings is 3. The predicted molar refractivity (Wildman–Crippen MR) is 124 cm³/mol. The number of halogens is 2. The molecule has 3 nitrogen and oxygen atoms in total. The highest BCUT2D eigenvalue weighted by Gasteiger charge is 2.14. The Bertz CT molecular complexity index is 1400. The molecule has 0 saturated carbocycles. The van der Waals surface area contributed by atoms with E-state index in [1.807, 2.05) is 66.7 Å². The summed E-state index contributed by atoms with van der Waals surface area (Å²) >= 11 is 12.7. The summed E-state index contributed by atoms with van der Waals surface area (Å²) in [7, 11) is 0. The van der Waals surface area contributed by atoms with Crippen LogP contribution in [0.5, 0.6) is 0 Å². The summed E-state index contributed by atoms with van der Waals surface area (Å²) in [4.78, 5) is 20.8. The zero-order valence-corrected chi connectivity index (χ0v) is 17.3. The zero-order valence-electron chi connectivity index (χ0n) is 15.8. The minimum absolute atomic E-state index is 0.0200. The van der Waals surface area contributed by atoms with Crippen LogP contribution in [0.4, 0.5) is 0 Å². The predicted octanol–water partition coefficient (Wildman–Crippen LogP) is 7.12. The molecule has 0 bridgehead atoms. The molecule has 2 heterocycles. The molecule has 0 radical (unpaired) electrons. The maximum atomic E-state index is 12.9. The van der Waals surface area contributed by atoms with Gasteiger partial charge in [-0.3, -0.25) is 9.78 Å². The largest absolute Gasteiger partial charge is 0.354 e. The average Bonchev–Trinajstić information content (AvgIpc) is 3.16. The van der Waals surface area contributed by atoms with E-state index in [1.165, 1.54) is 0 Å². The number of ketones is 1. The van der Waals surface area contributed by atoms with Crippen molar-refractivity contribution in [2.45, 2.75) is 6.42 Å². The van der Waals surface area contributed by atoms with Gasteiger partial charge in [-0.25, -0.2) is 0 Å². The lowest BCUT2D eigenvalue weighted by Gasteiger charge is -2.04. The number of Topliss-reactive ketones (excluding diaryl/α,β-unsaturated/α-hetero) is 1. The maximum absolute atomic E-state index is 12.9. The average molecular weight is 431 g/mol. The van der Waals surface area contributed by atoms with Gasteiger partial charge in [0, 0.05) is 38.8 Å². The first-order valence-electron chi connectivity index (χ1n) is 9.53. The molecule has 5 aromatic rings. The van der Waals surface area contributed by atoms with Crippen molar-refractivity contribution < 1.29 is 4.79 Å². The van der Waals surface area contributed by atoms with Crippen molar-refractivity contribution in [3.8, 4) is 11.3 Å². The Labute approximate surface area is 183 Å². The lowest BCUT2D eigenvalue weighted by molar-refractivity contribution is 0.0992. The molecule has 0 saturated heterocycles. The fourth-order valence-electron chi connectivity index (χ4n) is 3.66. The second kappa shape index (κ2) is 7.60. The number of rotatable bonds is 4. The van der Waals surface area contributed by atoms with Crippen LogP contribution in [0, 0.1) is 0 Å². The number of hydrogen-bond acceptors (Lipinski definition) is 2. The summed E-state index contributed by atoms with van der Waals surface area (Å²) in [6.45, 7) is 0. The number of H-pyrrole nitrogens is 1. The molecular weight excluding hydrogens is 415 g/mol. The van der Waals surface area contributed by atoms with Crippen LogP contribution in [-0.4, -0.2) is 15.8 Å². The smallest absolute Gasteiger partial charge is 0.168 e. The van der Waals surface area contributed by atoms with Gasteiger partial charge in [0.25, 0.3) is 0 Å². The second-order valence-corrected chi connectivity index (χ2v) is 7.99. The number of carbonyl (C=O) groups is 1. The van der Waals surface area contributed by atoms with E-state index < -0.39 is 0 Å². The minimum Gasteiger partial charge on any atom is -0.354 e. The molecular formula is C25H16Cl2N2O. The maximum Gasteiger partial charge on any atom is 0.168 e. The van der Waals surface area contributed by atoms with E-state index in [1.54, 1.807) is 12.1 Å². The highest BCUT2D eigenvalue weighted by Crippen LogP contribution is 2.35. The van der Waals surface area contributed by atoms with Crippen LogP contribution in [0.1, 0.15) is 16.1 Å². The Morgan fingerprint density at radius 3 is 2.43 bits per heavy atom. The van der Waals surface area contributed by atoms with Crippen LogP contribution in [0.3, 0.4) is 0 Å². The standard InChI is InChI=1S/C25H16Cl2N2O/c26-19-5-3-6-20(27)25(19)23-12-16-8-9-17(13-22(16)29-23)24(30)14-18-11-10-15-4-1-2-7-21(15)28-18/h1-13,29H,14H2. The van der Waals surface area contributed by atoms with E-state index in [0.717, 1.165) is 38.8 Å². The van der Waals surface area contributed by atoms with E-state index >= 15 is 0 Å². The fourth-order valence-corrected chi connectivity index (χ4v) is 4.26. The number of hydrogen-bond donors (Lipinski definition) is 1. The molecule has 0 atom stereocenters. The first-order valence-corrected chi connectivity index (χ1v) is 10.3. The Balaban J connectivity index is 1.46. The van der Waals surface area contributed by atoms with Crippen LogP contribution in [-0.2, 0) is 6.42 Å². The third-order valence-corrected chi connectivity index (χ3v) is 5.80. The number of nitrogens with zero attached hydrogens (tertiary/aromatic N) is 1. The van der Waals surface area contributed by atoms with Gasteiger partial charge in [0.05, 0.1) is 22.0 Å². The molecule has 1 N–H and O–H groups in total. The molecule has 2 aromatic heterocycles. The van der Waals surface area contributed by atoms with Gasteiger partial charge in [-0.2, -0.15) is 0 Å². The van der Waals surface area contributed by atoms with E-state index in [9.17, 15) is 4.79 Å². The van der Waals surface area contributed by atoms with E-state index in [0.29, 0.717) is 15.6 Å². The number of fused-ring (bicyclic) bond motifs is 2. The second-order valence-electron chi connectivity index (χ2n) is 7.18. The van der Waals surface area contributed by atoms with Crippen molar-refractivity contribution >= 4 is 50.8 Å². The summed E-state index contributed by atoms with van der Waals surface area (Å²) in [5.74, 6) is 0.0200. The molecule has 0 amide bonds. The van der Waals surface area contributed by atoms with E-state index in [2.05, 4.69) is 9.97 Å². The van der Waals surface area contributed by atoms with Gasteiger partial charge in [0.1, 0.15) is 0 Å². The van der Waals surface area contributed by atoms with Gasteiger partial charge in [-0.1, -0.05) is 65.7 Å². The van der Waals surface area contributed by atoms with E-state index in [4.69, 9.17) is 23.2 Å². The molecule has 0 aliphatic heterocycles. The number of nitrogens with one attached hydrogen (secondary N) is 1. The van der Waals surface area contributed by atoms with Gasteiger partial charge < -0.3 is 4.98 Å². The summed E-state index contributed by atoms with van der Waals surface area (Å²) in [6, 6.07) is 24.9. The quantitative estimate of drug-likeness (QED) is 0.308. The number of pyridine rings is 1. The highest BCUT2D eigenvalue weighted by molar-refractivity contribution is 6.39. The monoisotopic (exact) mass is 430 g/mol. The van der Waals surface area contributed by atoms with E-state index in [-0.39, 0.29) is 12.2 Å². The molecule has 30 heavy (non-hydrogen) atoms. The SMILES string of the molecule is O=C(Cc1ccc2ccccc2n1)c1ccc2cc(-c3c(Cl)cccc3Cl)[nH]c2c1. The normalized spacial score (nSPS) is 11.3. The summed E-state index contributed by atoms with van der Waals surface area (Å²) in [5.41, 5.74) is 4.72. The lowest BCUT2D eigenvalue weighted by atomic mass is 10.0. The van der Waals surface area contributed by atoms with Crippen molar-refractivity contribution in [1.29, 1.82) is 0 Å². The number of para-hydroxylation sites is 1. The van der Waals surface area contributed by atoms with Crippen molar-refractivity contribution in [2.75, 3.05) is 0 Å². The van der Waals surface area contributed by atoms with Crippen molar-refractivity contribution in [3.63, 3.8) is 0 Å². The summed E-state index contributed by atoms with van der Waals surface area (Å²) < 4.78 is 0. The zero-order chi connectivity index (χ0) is 20.7. The Morgan fingerprint density at radius 1 is 0.833 bits per heavy atom. The molecule has 146 valence electrons. The first-order chi connectivity index (χ1) is 14.6. The topological polar surface area (TPSA) is 45.8 Å². The van der Waals surface area contributed by atoms with Gasteiger partial charge in [0.2, 0.25) is 0 Å². The van der Waals surface area contributed by atoms with Crippen LogP contribution in [0.15, 0.2) is 78.9 Å². The third-order valence-electron chi connectivity index (χ3n) is 5.17. The van der Waals surface area contributed by atoms with Crippen molar-refractivity contribution in [3.05, 3.63) is 100 Å². The fraction of sp³-hybridized carbons (Fsp3) is 0.0400. The molecule has 0 aliphatic rings. The Hall–Kier alpha value is -3.14. The molecule has 3 aromatic carbocycles. The van der Waals surface area contributed by atoms with Crippen LogP contribution in [0.25, 0.3) is 33.1 Å². The van der Waals surface area contributed by atoms with Gasteiger partial charge >= 0.3 is 0 Å². The van der Waals surface area contributed by atoms with Gasteiger partial charge in [-0.15, -0.1) is 0 Å². The van der Waals surface area contributed by atoms with Crippen LogP contribution in [0.2, 0.25) is 10.0 Å². The molecule has 0 fully saturated rings. The minimum atomic E-state index is 0.0200. The van der Waals surface area contributed by atoms with Crippen molar-refractivity contribution in [1.82, 2.24) is 9.97 Å². The molecule has 0 unspecified atom stereocenters. The summed E-state index contributed by atoms with van der Waals surface area (Å²) in [5, 5.41) is 3.20. The Morgan fingerprint density at radius 2 is 1.60 bits per heavy atom. The molecule has 5 rings (SSSR count). The summed E-state index contributed by atoms with van der Waals surface area (Å²) in [6.07, 6.45) is 0.250. The first kappa shape index (κ1) is 18.9. The van der Waals surface area contributed by atoms with Crippen LogP contribution < -0.4 is 0 Å². The highest BCUT2D eigenvalue weighted by atomic mass is 35.5. The molecule has 0 spiro atoms. The van der Waals surface area contributed by atoms with Crippen molar-refractivity contribution in [2.24, 2.45) is 0 Å². The molecule has 5 heteroatoms. The number of carbonyl (C=O) groups excluding carboxylic acids is 1. The van der Waals surface area contributed by atoms with Crippen LogP contribution >= 0.6 is 23.2 Å². The molecule has 0 aliphatic carbocycles. The van der Waals surface area contributed by atoms with Gasteiger partial charge in [0.15, 0.2) is 5.78 Å². The number of aromatic amines is 1. The van der Waals surface area contributed by atoms with Gasteiger partial charge in [-0.05, 0) is 36.4 Å². The lowest BCUT2D eigenvalue weighted by Crippen LogP contribution is -2.05.